The standard InChI is InChI=1S/C22H40/c1-3-7-19(8-4-1)11-13-21-15-17-22(18-16-21)14-12-20-9-5-2-6-10-20/h19-22H,1-18H2. The first kappa shape index (κ1) is 16.8. The maximum Gasteiger partial charge on any atom is -0.0414 e. The largest absolute Gasteiger partial charge is 0.0533 e. The van der Waals surface area contributed by atoms with Crippen LogP contribution in [0.25, 0.3) is 0 Å². The van der Waals surface area contributed by atoms with E-state index in [9.17, 15) is 0 Å². The van der Waals surface area contributed by atoms with Crippen molar-refractivity contribution in [2.24, 2.45) is 23.7 Å². The molecule has 3 saturated carbocycles. The van der Waals surface area contributed by atoms with Gasteiger partial charge < -0.3 is 0 Å². The average molecular weight is 305 g/mol. The van der Waals surface area contributed by atoms with Crippen molar-refractivity contribution in [3.63, 3.8) is 0 Å². The van der Waals surface area contributed by atoms with Crippen molar-refractivity contribution in [3.8, 4) is 0 Å². The van der Waals surface area contributed by atoms with Gasteiger partial charge in [-0.3, -0.25) is 0 Å². The Hall–Kier alpha value is 0. The van der Waals surface area contributed by atoms with Crippen molar-refractivity contribution < 1.29 is 0 Å². The van der Waals surface area contributed by atoms with E-state index in [0.717, 1.165) is 23.7 Å². The van der Waals surface area contributed by atoms with Gasteiger partial charge in [0.1, 0.15) is 0 Å². The lowest BCUT2D eigenvalue weighted by atomic mass is 9.75. The van der Waals surface area contributed by atoms with E-state index in [1.807, 2.05) is 0 Å². The third-order valence-corrected chi connectivity index (χ3v) is 7.38. The molecule has 22 heavy (non-hydrogen) atoms. The van der Waals surface area contributed by atoms with Gasteiger partial charge in [-0.05, 0) is 23.7 Å². The van der Waals surface area contributed by atoms with Crippen molar-refractivity contribution in [3.05, 3.63) is 0 Å². The smallest absolute Gasteiger partial charge is 0.0414 e. The normalized spacial score (nSPS) is 32.2. The molecule has 0 aromatic rings. The first-order valence-corrected chi connectivity index (χ1v) is 10.9. The van der Waals surface area contributed by atoms with E-state index >= 15 is 0 Å². The van der Waals surface area contributed by atoms with Crippen molar-refractivity contribution >= 4 is 0 Å². The van der Waals surface area contributed by atoms with Gasteiger partial charge in [0.2, 0.25) is 0 Å². The van der Waals surface area contributed by atoms with E-state index in [1.165, 1.54) is 38.5 Å². The maximum atomic E-state index is 1.57. The van der Waals surface area contributed by atoms with Crippen LogP contribution < -0.4 is 0 Å². The summed E-state index contributed by atoms with van der Waals surface area (Å²) < 4.78 is 0. The summed E-state index contributed by atoms with van der Waals surface area (Å²) in [5, 5.41) is 0. The second-order valence-electron chi connectivity index (χ2n) is 9.05. The molecule has 0 N–H and O–H groups in total. The summed E-state index contributed by atoms with van der Waals surface area (Å²) in [6.45, 7) is 0. The predicted octanol–water partition coefficient (Wildman–Crippen LogP) is 7.51. The van der Waals surface area contributed by atoms with Crippen LogP contribution in [0.4, 0.5) is 0 Å². The van der Waals surface area contributed by atoms with Crippen LogP contribution >= 0.6 is 0 Å². The third kappa shape index (κ3) is 5.57. The zero-order valence-corrected chi connectivity index (χ0v) is 15.0. The fourth-order valence-electron chi connectivity index (χ4n) is 5.70. The monoisotopic (exact) mass is 304 g/mol. The Bertz CT molecular complexity index is 244. The summed E-state index contributed by atoms with van der Waals surface area (Å²) in [4.78, 5) is 0. The molecule has 3 rings (SSSR count). The minimum atomic E-state index is 1.10. The van der Waals surface area contributed by atoms with Crippen LogP contribution in [0.15, 0.2) is 0 Å². The Morgan fingerprint density at radius 2 is 0.591 bits per heavy atom. The summed E-state index contributed by atoms with van der Waals surface area (Å²) in [6, 6.07) is 0. The van der Waals surface area contributed by atoms with E-state index in [2.05, 4.69) is 0 Å². The molecule has 0 aromatic carbocycles. The highest BCUT2D eigenvalue weighted by Crippen LogP contribution is 2.38. The lowest BCUT2D eigenvalue weighted by Gasteiger charge is -2.31. The third-order valence-electron chi connectivity index (χ3n) is 7.38. The first-order chi connectivity index (χ1) is 10.9. The van der Waals surface area contributed by atoms with Gasteiger partial charge in [-0.1, -0.05) is 116 Å². The molecule has 0 saturated heterocycles. The molecular weight excluding hydrogens is 264 g/mol. The van der Waals surface area contributed by atoms with Gasteiger partial charge in [0, 0.05) is 0 Å². The summed E-state index contributed by atoms with van der Waals surface area (Å²) in [5.74, 6) is 4.43. The highest BCUT2D eigenvalue weighted by molar-refractivity contribution is 4.76. The summed E-state index contributed by atoms with van der Waals surface area (Å²) >= 11 is 0. The Labute approximate surface area is 139 Å². The van der Waals surface area contributed by atoms with E-state index in [1.54, 1.807) is 77.0 Å². The fourth-order valence-corrected chi connectivity index (χ4v) is 5.70. The molecule has 0 heterocycles. The topological polar surface area (TPSA) is 0 Å². The lowest BCUT2D eigenvalue weighted by Crippen LogP contribution is -2.17. The maximum absolute atomic E-state index is 1.57. The van der Waals surface area contributed by atoms with Crippen LogP contribution in [-0.2, 0) is 0 Å². The minimum absolute atomic E-state index is 1.10. The Balaban J connectivity index is 1.25. The molecule has 0 radical (unpaired) electrons. The number of hydrogen-bond donors (Lipinski definition) is 0. The van der Waals surface area contributed by atoms with Crippen LogP contribution in [-0.4, -0.2) is 0 Å². The molecule has 0 heteroatoms. The highest BCUT2D eigenvalue weighted by atomic mass is 14.3. The van der Waals surface area contributed by atoms with Crippen molar-refractivity contribution in [2.75, 3.05) is 0 Å². The predicted molar refractivity (Wildman–Crippen MR) is 97.1 cm³/mol. The quantitative estimate of drug-likeness (QED) is 0.476. The summed E-state index contributed by atoms with van der Waals surface area (Å²) in [5.41, 5.74) is 0. The Morgan fingerprint density at radius 1 is 0.318 bits per heavy atom. The van der Waals surface area contributed by atoms with Gasteiger partial charge >= 0.3 is 0 Å². The average Bonchev–Trinajstić information content (AvgIpc) is 2.61. The van der Waals surface area contributed by atoms with Gasteiger partial charge in [-0.2, -0.15) is 0 Å². The summed E-state index contributed by atoms with van der Waals surface area (Å²) in [6.07, 6.45) is 27.9. The van der Waals surface area contributed by atoms with Crippen LogP contribution in [0.1, 0.15) is 116 Å². The van der Waals surface area contributed by atoms with Crippen molar-refractivity contribution in [1.29, 1.82) is 0 Å². The lowest BCUT2D eigenvalue weighted by molar-refractivity contribution is 0.214. The molecule has 0 spiro atoms. The summed E-state index contributed by atoms with van der Waals surface area (Å²) in [7, 11) is 0. The molecule has 0 unspecified atom stereocenters. The zero-order chi connectivity index (χ0) is 15.0. The van der Waals surface area contributed by atoms with E-state index in [-0.39, 0.29) is 0 Å². The van der Waals surface area contributed by atoms with Crippen LogP contribution in [0.2, 0.25) is 0 Å². The van der Waals surface area contributed by atoms with Gasteiger partial charge in [-0.25, -0.2) is 0 Å². The molecule has 3 aliphatic rings. The molecule has 0 bridgehead atoms. The number of hydrogen-bond acceptors (Lipinski definition) is 0. The molecule has 0 aliphatic heterocycles. The van der Waals surface area contributed by atoms with E-state index < -0.39 is 0 Å². The van der Waals surface area contributed by atoms with Gasteiger partial charge in [0.15, 0.2) is 0 Å². The minimum Gasteiger partial charge on any atom is -0.0533 e. The van der Waals surface area contributed by atoms with Crippen molar-refractivity contribution in [1.82, 2.24) is 0 Å². The second kappa shape index (κ2) is 9.33. The number of rotatable bonds is 6. The van der Waals surface area contributed by atoms with Crippen LogP contribution in [0.3, 0.4) is 0 Å². The highest BCUT2D eigenvalue weighted by Gasteiger charge is 2.23. The fraction of sp³-hybridized carbons (Fsp3) is 1.00. The Kier molecular flexibility index (Phi) is 7.15. The molecule has 0 atom stereocenters. The Morgan fingerprint density at radius 3 is 0.909 bits per heavy atom. The molecule has 3 aliphatic carbocycles. The zero-order valence-electron chi connectivity index (χ0n) is 15.0. The molecular formula is C22H40. The van der Waals surface area contributed by atoms with Gasteiger partial charge in [0.05, 0.1) is 0 Å². The molecule has 0 nitrogen and oxygen atoms in total. The molecule has 3 fully saturated rings. The molecule has 0 aromatic heterocycles. The second-order valence-corrected chi connectivity index (χ2v) is 9.05. The van der Waals surface area contributed by atoms with Crippen molar-refractivity contribution in [2.45, 2.75) is 116 Å². The molecule has 128 valence electrons. The van der Waals surface area contributed by atoms with Crippen LogP contribution in [0, 0.1) is 23.7 Å². The van der Waals surface area contributed by atoms with Gasteiger partial charge in [0.25, 0.3) is 0 Å². The van der Waals surface area contributed by atoms with E-state index in [4.69, 9.17) is 0 Å². The SMILES string of the molecule is C1CCC(CCC2CCC(CCC3CCCCC3)CC2)CC1. The van der Waals surface area contributed by atoms with Gasteiger partial charge in [-0.15, -0.1) is 0 Å². The van der Waals surface area contributed by atoms with E-state index in [0.29, 0.717) is 0 Å². The van der Waals surface area contributed by atoms with Crippen LogP contribution in [0.5, 0.6) is 0 Å². The molecule has 0 amide bonds. The first-order valence-electron chi connectivity index (χ1n) is 10.9.